The maximum Gasteiger partial charge on any atom is 0.119 e. The van der Waals surface area contributed by atoms with Crippen molar-refractivity contribution in [2.45, 2.75) is 32.7 Å². The maximum absolute atomic E-state index is 5.47. The molecular weight excluding hydrogens is 258 g/mol. The van der Waals surface area contributed by atoms with Crippen LogP contribution in [-0.4, -0.2) is 13.2 Å². The summed E-state index contributed by atoms with van der Waals surface area (Å²) in [5.41, 5.74) is 2.71. The Morgan fingerprint density at radius 2 is 1.71 bits per heavy atom. The molecule has 2 aromatic carbocycles. The molecule has 0 radical (unpaired) electrons. The van der Waals surface area contributed by atoms with E-state index in [4.69, 9.17) is 4.74 Å². The fraction of sp³-hybridized carbons (Fsp3) is 0.368. The molecule has 0 fully saturated rings. The number of hydrogen-bond donors (Lipinski definition) is 1. The van der Waals surface area contributed by atoms with E-state index < -0.39 is 0 Å². The van der Waals surface area contributed by atoms with Gasteiger partial charge in [-0.3, -0.25) is 0 Å². The number of nitrogens with one attached hydrogen (secondary N) is 1. The standard InChI is InChI=1S/C19H25NO/c1-3-21-19-13-11-18(12-14-19)16(2)20-15-7-10-17-8-5-4-6-9-17/h4-6,8-9,11-14,16,20H,3,7,10,15H2,1-2H3. The van der Waals surface area contributed by atoms with Crippen LogP contribution in [0.1, 0.15) is 37.4 Å². The Bertz CT molecular complexity index is 507. The summed E-state index contributed by atoms with van der Waals surface area (Å²) in [6.07, 6.45) is 2.29. The molecular formula is C19H25NO. The van der Waals surface area contributed by atoms with Crippen LogP contribution in [0.2, 0.25) is 0 Å². The second-order valence-electron chi connectivity index (χ2n) is 5.27. The lowest BCUT2D eigenvalue weighted by Gasteiger charge is -2.15. The number of ether oxygens (including phenoxy) is 1. The Morgan fingerprint density at radius 1 is 1.00 bits per heavy atom. The van der Waals surface area contributed by atoms with Gasteiger partial charge < -0.3 is 10.1 Å². The Hall–Kier alpha value is -1.80. The van der Waals surface area contributed by atoms with Gasteiger partial charge in [0.25, 0.3) is 0 Å². The van der Waals surface area contributed by atoms with Crippen molar-refractivity contribution in [3.05, 3.63) is 65.7 Å². The molecule has 112 valence electrons. The highest BCUT2D eigenvalue weighted by Crippen LogP contribution is 2.17. The molecule has 2 nitrogen and oxygen atoms in total. The van der Waals surface area contributed by atoms with Crippen molar-refractivity contribution in [2.24, 2.45) is 0 Å². The fourth-order valence-electron chi connectivity index (χ4n) is 2.39. The Morgan fingerprint density at radius 3 is 2.38 bits per heavy atom. The van der Waals surface area contributed by atoms with Crippen LogP contribution in [0.3, 0.4) is 0 Å². The van der Waals surface area contributed by atoms with E-state index in [-0.39, 0.29) is 0 Å². The molecule has 1 unspecified atom stereocenters. The van der Waals surface area contributed by atoms with E-state index in [0.717, 1.165) is 25.1 Å². The molecule has 0 amide bonds. The van der Waals surface area contributed by atoms with Gasteiger partial charge in [0.2, 0.25) is 0 Å². The van der Waals surface area contributed by atoms with Crippen molar-refractivity contribution in [2.75, 3.05) is 13.2 Å². The summed E-state index contributed by atoms with van der Waals surface area (Å²) in [7, 11) is 0. The van der Waals surface area contributed by atoms with Crippen molar-refractivity contribution in [3.8, 4) is 5.75 Å². The average Bonchev–Trinajstić information content (AvgIpc) is 2.53. The van der Waals surface area contributed by atoms with Crippen LogP contribution in [0.5, 0.6) is 5.75 Å². The minimum absolute atomic E-state index is 0.372. The maximum atomic E-state index is 5.47. The summed E-state index contributed by atoms with van der Waals surface area (Å²) in [4.78, 5) is 0. The smallest absolute Gasteiger partial charge is 0.119 e. The average molecular weight is 283 g/mol. The van der Waals surface area contributed by atoms with Gasteiger partial charge in [-0.05, 0) is 56.5 Å². The minimum atomic E-state index is 0.372. The minimum Gasteiger partial charge on any atom is -0.494 e. The predicted octanol–water partition coefficient (Wildman–Crippen LogP) is 4.37. The van der Waals surface area contributed by atoms with Crippen molar-refractivity contribution < 1.29 is 4.74 Å². The van der Waals surface area contributed by atoms with E-state index in [1.54, 1.807) is 0 Å². The molecule has 0 spiro atoms. The largest absolute Gasteiger partial charge is 0.494 e. The number of aryl methyl sites for hydroxylation is 1. The zero-order chi connectivity index (χ0) is 14.9. The Kier molecular flexibility index (Phi) is 6.29. The van der Waals surface area contributed by atoms with Gasteiger partial charge in [-0.15, -0.1) is 0 Å². The molecule has 0 bridgehead atoms. The van der Waals surface area contributed by atoms with Gasteiger partial charge in [0.05, 0.1) is 6.61 Å². The van der Waals surface area contributed by atoms with Crippen LogP contribution in [0.25, 0.3) is 0 Å². The van der Waals surface area contributed by atoms with Crippen molar-refractivity contribution >= 4 is 0 Å². The lowest BCUT2D eigenvalue weighted by molar-refractivity contribution is 0.340. The first-order valence-electron chi connectivity index (χ1n) is 7.79. The molecule has 2 rings (SSSR count). The molecule has 0 aromatic heterocycles. The van der Waals surface area contributed by atoms with E-state index in [9.17, 15) is 0 Å². The van der Waals surface area contributed by atoms with Crippen LogP contribution < -0.4 is 10.1 Å². The molecule has 0 saturated heterocycles. The zero-order valence-electron chi connectivity index (χ0n) is 13.0. The second kappa shape index (κ2) is 8.48. The highest BCUT2D eigenvalue weighted by atomic mass is 16.5. The molecule has 1 atom stereocenters. The molecule has 2 aromatic rings. The third-order valence-electron chi connectivity index (χ3n) is 3.63. The lowest BCUT2D eigenvalue weighted by atomic mass is 10.1. The van der Waals surface area contributed by atoms with Crippen LogP contribution in [0.4, 0.5) is 0 Å². The number of hydrogen-bond acceptors (Lipinski definition) is 2. The first-order chi connectivity index (χ1) is 10.3. The third kappa shape index (κ3) is 5.24. The van der Waals surface area contributed by atoms with Gasteiger partial charge in [0.15, 0.2) is 0 Å². The lowest BCUT2D eigenvalue weighted by Crippen LogP contribution is -2.20. The second-order valence-corrected chi connectivity index (χ2v) is 5.27. The summed E-state index contributed by atoms with van der Waals surface area (Å²) in [5.74, 6) is 0.942. The van der Waals surface area contributed by atoms with Crippen molar-refractivity contribution in [1.82, 2.24) is 5.32 Å². The summed E-state index contributed by atoms with van der Waals surface area (Å²) >= 11 is 0. The van der Waals surface area contributed by atoms with Crippen molar-refractivity contribution in [1.29, 1.82) is 0 Å². The van der Waals surface area contributed by atoms with E-state index in [0.29, 0.717) is 12.6 Å². The zero-order valence-corrected chi connectivity index (χ0v) is 13.0. The highest BCUT2D eigenvalue weighted by Gasteiger charge is 2.04. The van der Waals surface area contributed by atoms with E-state index in [2.05, 4.69) is 54.7 Å². The molecule has 0 saturated carbocycles. The van der Waals surface area contributed by atoms with Gasteiger partial charge in [0.1, 0.15) is 5.75 Å². The molecule has 0 heterocycles. The summed E-state index contributed by atoms with van der Waals surface area (Å²) in [6.45, 7) is 5.96. The SMILES string of the molecule is CCOc1ccc(C(C)NCCCc2ccccc2)cc1. The quantitative estimate of drug-likeness (QED) is 0.726. The van der Waals surface area contributed by atoms with Crippen LogP contribution >= 0.6 is 0 Å². The molecule has 0 aliphatic rings. The van der Waals surface area contributed by atoms with Crippen molar-refractivity contribution in [3.63, 3.8) is 0 Å². The highest BCUT2D eigenvalue weighted by molar-refractivity contribution is 5.28. The summed E-state index contributed by atoms with van der Waals surface area (Å²) < 4.78 is 5.47. The summed E-state index contributed by atoms with van der Waals surface area (Å²) in [5, 5.41) is 3.58. The van der Waals surface area contributed by atoms with E-state index >= 15 is 0 Å². The number of benzene rings is 2. The third-order valence-corrected chi connectivity index (χ3v) is 3.63. The number of rotatable bonds is 8. The summed E-state index contributed by atoms with van der Waals surface area (Å²) in [6, 6.07) is 19.4. The van der Waals surface area contributed by atoms with E-state index in [1.807, 2.05) is 19.1 Å². The molecule has 2 heteroatoms. The van der Waals surface area contributed by atoms with E-state index in [1.165, 1.54) is 11.1 Å². The van der Waals surface area contributed by atoms with Crippen LogP contribution in [0, 0.1) is 0 Å². The normalized spacial score (nSPS) is 12.1. The van der Waals surface area contributed by atoms with Gasteiger partial charge in [0, 0.05) is 6.04 Å². The van der Waals surface area contributed by atoms with Gasteiger partial charge in [-0.25, -0.2) is 0 Å². The van der Waals surface area contributed by atoms with Gasteiger partial charge in [-0.2, -0.15) is 0 Å². The molecule has 0 aliphatic heterocycles. The topological polar surface area (TPSA) is 21.3 Å². The Balaban J connectivity index is 1.72. The molecule has 21 heavy (non-hydrogen) atoms. The first-order valence-corrected chi connectivity index (χ1v) is 7.79. The fourth-order valence-corrected chi connectivity index (χ4v) is 2.39. The molecule has 1 N–H and O–H groups in total. The Labute approximate surface area is 128 Å². The van der Waals surface area contributed by atoms with Gasteiger partial charge >= 0.3 is 0 Å². The molecule has 0 aliphatic carbocycles. The first kappa shape index (κ1) is 15.6. The predicted molar refractivity (Wildman–Crippen MR) is 88.8 cm³/mol. The van der Waals surface area contributed by atoms with Crippen LogP contribution in [-0.2, 0) is 6.42 Å². The van der Waals surface area contributed by atoms with Gasteiger partial charge in [-0.1, -0.05) is 42.5 Å². The van der Waals surface area contributed by atoms with Crippen LogP contribution in [0.15, 0.2) is 54.6 Å². The monoisotopic (exact) mass is 283 g/mol.